The molecule has 0 fully saturated rings. The first kappa shape index (κ1) is 18.5. The van der Waals surface area contributed by atoms with Crippen LogP contribution < -0.4 is 5.32 Å². The molecule has 2 heterocycles. The van der Waals surface area contributed by atoms with E-state index in [0.717, 1.165) is 22.0 Å². The van der Waals surface area contributed by atoms with E-state index in [2.05, 4.69) is 20.4 Å². The van der Waals surface area contributed by atoms with E-state index in [-0.39, 0.29) is 11.7 Å². The van der Waals surface area contributed by atoms with Crippen molar-refractivity contribution in [3.63, 3.8) is 0 Å². The molecule has 1 amide bonds. The number of hydrogen-bond donors (Lipinski definition) is 2. The maximum atomic E-state index is 12.3. The minimum atomic E-state index is -0.382. The first-order chi connectivity index (χ1) is 13.6. The van der Waals surface area contributed by atoms with Crippen molar-refractivity contribution in [1.29, 1.82) is 0 Å². The van der Waals surface area contributed by atoms with Crippen molar-refractivity contribution in [3.8, 4) is 0 Å². The summed E-state index contributed by atoms with van der Waals surface area (Å²) in [4.78, 5) is 19.6. The molecular formula is C20H16Cl2N4O2. The molecule has 2 N–H and O–H groups in total. The first-order valence-electron chi connectivity index (χ1n) is 8.70. The highest BCUT2D eigenvalue weighted by atomic mass is 35.5. The summed E-state index contributed by atoms with van der Waals surface area (Å²) in [5.74, 6) is -0.0411. The van der Waals surface area contributed by atoms with Gasteiger partial charge in [-0.1, -0.05) is 46.6 Å². The van der Waals surface area contributed by atoms with E-state index in [1.807, 2.05) is 42.6 Å². The van der Waals surface area contributed by atoms with Gasteiger partial charge >= 0.3 is 0 Å². The van der Waals surface area contributed by atoms with Crippen LogP contribution in [0.1, 0.15) is 27.6 Å². The number of nitrogens with one attached hydrogen (secondary N) is 2. The number of amides is 1. The van der Waals surface area contributed by atoms with Crippen molar-refractivity contribution in [2.24, 2.45) is 0 Å². The zero-order valence-corrected chi connectivity index (χ0v) is 16.2. The zero-order chi connectivity index (χ0) is 19.5. The second-order valence-corrected chi connectivity index (χ2v) is 7.13. The number of rotatable bonds is 6. The number of halogens is 2. The van der Waals surface area contributed by atoms with Crippen molar-refractivity contribution in [2.45, 2.75) is 12.8 Å². The molecule has 0 radical (unpaired) electrons. The predicted octanol–water partition coefficient (Wildman–Crippen LogP) is 4.42. The van der Waals surface area contributed by atoms with Crippen LogP contribution in [0.4, 0.5) is 0 Å². The summed E-state index contributed by atoms with van der Waals surface area (Å²) >= 11 is 12.2. The minimum absolute atomic E-state index is 0.00373. The number of carbonyl (C=O) groups excluding carboxylic acids is 1. The summed E-state index contributed by atoms with van der Waals surface area (Å²) in [5.41, 5.74) is 2.94. The summed E-state index contributed by atoms with van der Waals surface area (Å²) in [6.45, 7) is 0.437. The van der Waals surface area contributed by atoms with Crippen LogP contribution in [0.2, 0.25) is 10.0 Å². The lowest BCUT2D eigenvalue weighted by Gasteiger charge is -2.02. The molecule has 0 saturated heterocycles. The van der Waals surface area contributed by atoms with E-state index in [9.17, 15) is 4.79 Å². The van der Waals surface area contributed by atoms with E-state index in [4.69, 9.17) is 27.7 Å². The lowest BCUT2D eigenvalue weighted by atomic mass is 10.1. The maximum absolute atomic E-state index is 12.3. The number of aromatic amines is 1. The summed E-state index contributed by atoms with van der Waals surface area (Å²) in [7, 11) is 0. The van der Waals surface area contributed by atoms with Crippen LogP contribution in [-0.2, 0) is 12.8 Å². The molecule has 2 aromatic heterocycles. The molecule has 6 nitrogen and oxygen atoms in total. The van der Waals surface area contributed by atoms with Crippen LogP contribution in [0.5, 0.6) is 0 Å². The fourth-order valence-corrected chi connectivity index (χ4v) is 3.35. The van der Waals surface area contributed by atoms with Crippen molar-refractivity contribution in [2.75, 3.05) is 6.54 Å². The average molecular weight is 415 g/mol. The summed E-state index contributed by atoms with van der Waals surface area (Å²) in [6.07, 6.45) is 2.94. The highest BCUT2D eigenvalue weighted by Crippen LogP contribution is 2.22. The monoisotopic (exact) mass is 414 g/mol. The van der Waals surface area contributed by atoms with Gasteiger partial charge in [0, 0.05) is 33.7 Å². The molecular weight excluding hydrogens is 399 g/mol. The molecule has 0 aliphatic carbocycles. The van der Waals surface area contributed by atoms with Crippen LogP contribution in [0.15, 0.2) is 53.2 Å². The molecule has 0 aliphatic rings. The molecule has 0 saturated carbocycles. The predicted molar refractivity (Wildman–Crippen MR) is 108 cm³/mol. The molecule has 4 rings (SSSR count). The minimum Gasteiger partial charge on any atom is -0.361 e. The van der Waals surface area contributed by atoms with Crippen molar-refractivity contribution < 1.29 is 9.32 Å². The molecule has 8 heteroatoms. The Bertz CT molecular complexity index is 1140. The van der Waals surface area contributed by atoms with Gasteiger partial charge in [0.15, 0.2) is 0 Å². The van der Waals surface area contributed by atoms with E-state index in [1.165, 1.54) is 0 Å². The van der Waals surface area contributed by atoms with E-state index >= 15 is 0 Å². The molecule has 0 unspecified atom stereocenters. The summed E-state index contributed by atoms with van der Waals surface area (Å²) < 4.78 is 5.17. The lowest BCUT2D eigenvalue weighted by molar-refractivity contribution is 0.0941. The Morgan fingerprint density at radius 2 is 2.00 bits per heavy atom. The number of benzene rings is 2. The third kappa shape index (κ3) is 4.03. The van der Waals surface area contributed by atoms with Crippen molar-refractivity contribution in [3.05, 3.63) is 81.5 Å². The number of nitrogens with zero attached hydrogens (tertiary/aromatic N) is 2. The third-order valence-corrected chi connectivity index (χ3v) is 4.98. The molecule has 0 atom stereocenters. The van der Waals surface area contributed by atoms with E-state index < -0.39 is 0 Å². The Hall–Kier alpha value is -2.83. The Kier molecular flexibility index (Phi) is 5.32. The highest BCUT2D eigenvalue weighted by Gasteiger charge is 2.15. The van der Waals surface area contributed by atoms with Gasteiger partial charge in [-0.05, 0) is 41.8 Å². The van der Waals surface area contributed by atoms with Gasteiger partial charge in [0.2, 0.25) is 5.89 Å². The number of carbonyl (C=O) groups is 1. The average Bonchev–Trinajstić information content (AvgIpc) is 3.31. The van der Waals surface area contributed by atoms with Crippen LogP contribution in [0, 0.1) is 0 Å². The molecule has 2 aromatic carbocycles. The number of H-pyrrole nitrogens is 1. The van der Waals surface area contributed by atoms with Crippen LogP contribution in [0.3, 0.4) is 0 Å². The largest absolute Gasteiger partial charge is 0.361 e. The van der Waals surface area contributed by atoms with Gasteiger partial charge < -0.3 is 14.8 Å². The van der Waals surface area contributed by atoms with Gasteiger partial charge in [-0.15, -0.1) is 0 Å². The van der Waals surface area contributed by atoms with Crippen molar-refractivity contribution >= 4 is 40.0 Å². The Labute approximate surface area is 170 Å². The van der Waals surface area contributed by atoms with Gasteiger partial charge in [-0.3, -0.25) is 4.79 Å². The van der Waals surface area contributed by atoms with E-state index in [1.54, 1.807) is 6.07 Å². The topological polar surface area (TPSA) is 83.8 Å². The van der Waals surface area contributed by atoms with Crippen LogP contribution >= 0.6 is 23.2 Å². The Morgan fingerprint density at radius 3 is 2.86 bits per heavy atom. The molecule has 0 spiro atoms. The van der Waals surface area contributed by atoms with Crippen molar-refractivity contribution in [1.82, 2.24) is 20.4 Å². The second kappa shape index (κ2) is 8.04. The second-order valence-electron chi connectivity index (χ2n) is 6.29. The Morgan fingerprint density at radius 1 is 1.14 bits per heavy atom. The van der Waals surface area contributed by atoms with Gasteiger partial charge in [0.25, 0.3) is 11.7 Å². The molecule has 142 valence electrons. The smallest absolute Gasteiger partial charge is 0.292 e. The van der Waals surface area contributed by atoms with Gasteiger partial charge in [0.1, 0.15) is 0 Å². The van der Waals surface area contributed by atoms with Gasteiger partial charge in [0.05, 0.1) is 6.42 Å². The number of fused-ring (bicyclic) bond motifs is 1. The summed E-state index contributed by atoms with van der Waals surface area (Å²) in [6, 6.07) is 13.1. The highest BCUT2D eigenvalue weighted by molar-refractivity contribution is 6.31. The number of hydrogen-bond acceptors (Lipinski definition) is 4. The Balaban J connectivity index is 1.36. The normalized spacial score (nSPS) is 11.1. The molecule has 0 aliphatic heterocycles. The third-order valence-electron chi connectivity index (χ3n) is 4.38. The molecule has 28 heavy (non-hydrogen) atoms. The fraction of sp³-hybridized carbons (Fsp3) is 0.150. The van der Waals surface area contributed by atoms with E-state index in [0.29, 0.717) is 35.3 Å². The van der Waals surface area contributed by atoms with Gasteiger partial charge in [-0.2, -0.15) is 4.98 Å². The van der Waals surface area contributed by atoms with Crippen LogP contribution in [0.25, 0.3) is 10.9 Å². The lowest BCUT2D eigenvalue weighted by Crippen LogP contribution is -2.26. The quantitative estimate of drug-likeness (QED) is 0.488. The molecule has 0 bridgehead atoms. The maximum Gasteiger partial charge on any atom is 0.292 e. The first-order valence-corrected chi connectivity index (χ1v) is 9.45. The molecule has 4 aromatic rings. The zero-order valence-electron chi connectivity index (χ0n) is 14.7. The SMILES string of the molecule is O=C(NCCc1c[nH]c2ccc(Cl)cc12)c1noc(Cc2ccccc2Cl)n1. The number of aromatic nitrogens is 3. The fourth-order valence-electron chi connectivity index (χ4n) is 2.97. The van der Waals surface area contributed by atoms with Crippen LogP contribution in [-0.4, -0.2) is 27.6 Å². The summed E-state index contributed by atoms with van der Waals surface area (Å²) in [5, 5.41) is 8.90. The standard InChI is InChI=1S/C20H16Cl2N4O2/c21-14-5-6-17-15(10-14)13(11-24-17)7-8-23-20(27)19-25-18(28-26-19)9-12-3-1-2-4-16(12)22/h1-6,10-11,24H,7-9H2,(H,23,27). The van der Waals surface area contributed by atoms with Gasteiger partial charge in [-0.25, -0.2) is 0 Å².